The predicted molar refractivity (Wildman–Crippen MR) is 73.1 cm³/mol. The van der Waals surface area contributed by atoms with Crippen LogP contribution in [0, 0.1) is 11.6 Å². The third-order valence-corrected chi connectivity index (χ3v) is 2.99. The second-order valence-electron chi connectivity index (χ2n) is 4.42. The molecule has 0 amide bonds. The van der Waals surface area contributed by atoms with Gasteiger partial charge < -0.3 is 15.2 Å². The van der Waals surface area contributed by atoms with E-state index in [0.717, 1.165) is 6.07 Å². The van der Waals surface area contributed by atoms with Crippen molar-refractivity contribution in [3.63, 3.8) is 0 Å². The van der Waals surface area contributed by atoms with Crippen LogP contribution in [0.4, 0.5) is 14.5 Å². The average Bonchev–Trinajstić information content (AvgIpc) is 2.40. The molecule has 0 aliphatic carbocycles. The molecular weight excluding hydrogens is 264 g/mol. The van der Waals surface area contributed by atoms with Gasteiger partial charge in [-0.3, -0.25) is 0 Å². The number of anilines is 1. The van der Waals surface area contributed by atoms with Crippen molar-refractivity contribution < 1.29 is 18.6 Å². The predicted octanol–water partition coefficient (Wildman–Crippen LogP) is 3.85. The number of halogens is 2. The van der Waals surface area contributed by atoms with Crippen molar-refractivity contribution >= 4 is 5.69 Å². The minimum atomic E-state index is -0.498. The highest BCUT2D eigenvalue weighted by molar-refractivity contribution is 5.51. The fraction of sp³-hybridized carbons (Fsp3) is 0.200. The Hall–Kier alpha value is -2.30. The summed E-state index contributed by atoms with van der Waals surface area (Å²) in [7, 11) is 1.39. The van der Waals surface area contributed by atoms with Crippen LogP contribution >= 0.6 is 0 Å². The molecule has 0 fully saturated rings. The van der Waals surface area contributed by atoms with Gasteiger partial charge in [-0.25, -0.2) is 8.78 Å². The molecule has 2 aromatic rings. The van der Waals surface area contributed by atoms with Crippen LogP contribution in [0.3, 0.4) is 0 Å². The number of rotatable bonds is 4. The van der Waals surface area contributed by atoms with E-state index >= 15 is 0 Å². The van der Waals surface area contributed by atoms with E-state index in [4.69, 9.17) is 4.74 Å². The number of phenolic OH excluding ortho intramolecular Hbond substituents is 1. The Kier molecular flexibility index (Phi) is 4.08. The van der Waals surface area contributed by atoms with Crippen LogP contribution < -0.4 is 10.1 Å². The molecule has 0 bridgehead atoms. The molecular formula is C15H15F2NO2. The van der Waals surface area contributed by atoms with Gasteiger partial charge in [-0.1, -0.05) is 6.07 Å². The Balaban J connectivity index is 2.21. The molecule has 0 aliphatic rings. The zero-order valence-corrected chi connectivity index (χ0v) is 11.2. The lowest BCUT2D eigenvalue weighted by atomic mass is 10.1. The van der Waals surface area contributed by atoms with Crippen LogP contribution in [0.2, 0.25) is 0 Å². The van der Waals surface area contributed by atoms with Gasteiger partial charge in [0, 0.05) is 23.4 Å². The van der Waals surface area contributed by atoms with Crippen molar-refractivity contribution in [3.8, 4) is 11.5 Å². The van der Waals surface area contributed by atoms with Crippen LogP contribution in [0.1, 0.15) is 18.5 Å². The zero-order valence-electron chi connectivity index (χ0n) is 11.2. The lowest BCUT2D eigenvalue weighted by Gasteiger charge is -2.17. The maximum absolute atomic E-state index is 13.3. The first-order valence-corrected chi connectivity index (χ1v) is 6.09. The first kappa shape index (κ1) is 14.1. The third kappa shape index (κ3) is 2.99. The van der Waals surface area contributed by atoms with E-state index in [9.17, 15) is 13.9 Å². The number of nitrogens with one attached hydrogen (secondary N) is 1. The molecule has 0 spiro atoms. The fourth-order valence-corrected chi connectivity index (χ4v) is 1.96. The Labute approximate surface area is 115 Å². The van der Waals surface area contributed by atoms with E-state index in [1.54, 1.807) is 6.07 Å². The first-order chi connectivity index (χ1) is 9.51. The van der Waals surface area contributed by atoms with Gasteiger partial charge in [0.05, 0.1) is 13.2 Å². The molecule has 0 saturated carbocycles. The standard InChI is InChI=1S/C15H15F2NO2/c1-9(12-5-3-10(16)7-14(12)19)18-11-4-6-13(17)15(8-11)20-2/h3-9,18-19H,1-2H3. The van der Waals surface area contributed by atoms with Crippen LogP contribution in [0.25, 0.3) is 0 Å². The van der Waals surface area contributed by atoms with Gasteiger partial charge in [0.2, 0.25) is 0 Å². The van der Waals surface area contributed by atoms with E-state index in [2.05, 4.69) is 5.32 Å². The lowest BCUT2D eigenvalue weighted by Crippen LogP contribution is -2.07. The Morgan fingerprint density at radius 2 is 1.90 bits per heavy atom. The molecule has 5 heteroatoms. The summed E-state index contributed by atoms with van der Waals surface area (Å²) in [5.41, 5.74) is 1.19. The molecule has 0 aliphatic heterocycles. The molecule has 0 heterocycles. The van der Waals surface area contributed by atoms with Crippen LogP contribution in [0.15, 0.2) is 36.4 Å². The SMILES string of the molecule is COc1cc(NC(C)c2ccc(F)cc2O)ccc1F. The van der Waals surface area contributed by atoms with Gasteiger partial charge >= 0.3 is 0 Å². The van der Waals surface area contributed by atoms with Crippen molar-refractivity contribution in [2.24, 2.45) is 0 Å². The molecule has 1 atom stereocenters. The molecule has 0 saturated heterocycles. The second kappa shape index (κ2) is 5.77. The summed E-state index contributed by atoms with van der Waals surface area (Å²) in [6.07, 6.45) is 0. The Bertz CT molecular complexity index is 617. The van der Waals surface area contributed by atoms with Crippen LogP contribution in [-0.2, 0) is 0 Å². The van der Waals surface area contributed by atoms with Crippen LogP contribution in [-0.4, -0.2) is 12.2 Å². The smallest absolute Gasteiger partial charge is 0.165 e. The lowest BCUT2D eigenvalue weighted by molar-refractivity contribution is 0.386. The average molecular weight is 279 g/mol. The number of hydrogen-bond acceptors (Lipinski definition) is 3. The molecule has 2 rings (SSSR count). The number of benzene rings is 2. The number of methoxy groups -OCH3 is 1. The van der Waals surface area contributed by atoms with Crippen molar-refractivity contribution in [2.45, 2.75) is 13.0 Å². The number of aromatic hydroxyl groups is 1. The largest absolute Gasteiger partial charge is 0.507 e. The van der Waals surface area contributed by atoms with Gasteiger partial charge in [0.25, 0.3) is 0 Å². The summed E-state index contributed by atoms with van der Waals surface area (Å²) in [6, 6.07) is 7.94. The molecule has 3 nitrogen and oxygen atoms in total. The molecule has 0 aromatic heterocycles. The van der Waals surface area contributed by atoms with Gasteiger partial charge in [0.15, 0.2) is 11.6 Å². The van der Waals surface area contributed by atoms with E-state index in [-0.39, 0.29) is 17.5 Å². The summed E-state index contributed by atoms with van der Waals surface area (Å²) < 4.78 is 31.1. The van der Waals surface area contributed by atoms with Crippen molar-refractivity contribution in [1.82, 2.24) is 0 Å². The fourth-order valence-electron chi connectivity index (χ4n) is 1.96. The topological polar surface area (TPSA) is 41.5 Å². The first-order valence-electron chi connectivity index (χ1n) is 6.09. The molecule has 2 N–H and O–H groups in total. The van der Waals surface area contributed by atoms with Gasteiger partial charge in [0.1, 0.15) is 11.6 Å². The minimum absolute atomic E-state index is 0.126. The molecule has 20 heavy (non-hydrogen) atoms. The third-order valence-electron chi connectivity index (χ3n) is 2.99. The van der Waals surface area contributed by atoms with Gasteiger partial charge in [-0.2, -0.15) is 0 Å². The zero-order chi connectivity index (χ0) is 14.7. The van der Waals surface area contributed by atoms with E-state index in [1.807, 2.05) is 6.92 Å². The summed E-state index contributed by atoms with van der Waals surface area (Å²) in [5, 5.41) is 12.8. The van der Waals surface area contributed by atoms with Gasteiger partial charge in [-0.05, 0) is 25.1 Å². The maximum atomic E-state index is 13.3. The van der Waals surface area contributed by atoms with Crippen LogP contribution in [0.5, 0.6) is 11.5 Å². The van der Waals surface area contributed by atoms with Crippen molar-refractivity contribution in [2.75, 3.05) is 12.4 Å². The highest BCUT2D eigenvalue weighted by Crippen LogP contribution is 2.29. The van der Waals surface area contributed by atoms with Gasteiger partial charge in [-0.15, -0.1) is 0 Å². The van der Waals surface area contributed by atoms with E-state index < -0.39 is 11.6 Å². The Morgan fingerprint density at radius 1 is 1.15 bits per heavy atom. The Morgan fingerprint density at radius 3 is 2.55 bits per heavy atom. The molecule has 106 valence electrons. The quantitative estimate of drug-likeness (QED) is 0.893. The number of ether oxygens (including phenoxy) is 1. The molecule has 0 radical (unpaired) electrons. The molecule has 2 aromatic carbocycles. The summed E-state index contributed by atoms with van der Waals surface area (Å²) in [4.78, 5) is 0. The highest BCUT2D eigenvalue weighted by Gasteiger charge is 2.12. The summed E-state index contributed by atoms with van der Waals surface area (Å²) in [5.74, 6) is -0.943. The van der Waals surface area contributed by atoms with Crippen molar-refractivity contribution in [1.29, 1.82) is 0 Å². The second-order valence-corrected chi connectivity index (χ2v) is 4.42. The molecule has 1 unspecified atom stereocenters. The number of phenols is 1. The minimum Gasteiger partial charge on any atom is -0.507 e. The van der Waals surface area contributed by atoms with Crippen molar-refractivity contribution in [3.05, 3.63) is 53.6 Å². The number of hydrogen-bond donors (Lipinski definition) is 2. The summed E-state index contributed by atoms with van der Waals surface area (Å²) in [6.45, 7) is 1.81. The summed E-state index contributed by atoms with van der Waals surface area (Å²) >= 11 is 0. The van der Waals surface area contributed by atoms with E-state index in [1.165, 1.54) is 31.4 Å². The monoisotopic (exact) mass is 279 g/mol. The highest BCUT2D eigenvalue weighted by atomic mass is 19.1. The maximum Gasteiger partial charge on any atom is 0.165 e. The normalized spacial score (nSPS) is 12.0. The van der Waals surface area contributed by atoms with E-state index in [0.29, 0.717) is 11.3 Å².